The van der Waals surface area contributed by atoms with Gasteiger partial charge < -0.3 is 19.9 Å². The van der Waals surface area contributed by atoms with Gasteiger partial charge in [0.05, 0.1) is 25.4 Å². The number of nitrogens with one attached hydrogen (secondary N) is 1. The molecular formula is C28H37NO4S. The first-order valence-corrected chi connectivity index (χ1v) is 13.5. The zero-order valence-corrected chi connectivity index (χ0v) is 21.1. The number of carbonyl (C=O) groups excluding carboxylic acids is 1. The van der Waals surface area contributed by atoms with Gasteiger partial charge in [-0.25, -0.2) is 0 Å². The molecule has 1 aromatic carbocycles. The SMILES string of the molecule is CC12COC(Cc3ccccc3)OC1CCC1(C)C(CC(=O)NCc3cccs3)C(O)CCC21. The molecule has 7 atom stereocenters. The number of ether oxygens (including phenoxy) is 2. The smallest absolute Gasteiger partial charge is 0.220 e. The van der Waals surface area contributed by atoms with E-state index in [0.29, 0.717) is 25.5 Å². The third-order valence-electron chi connectivity index (χ3n) is 8.92. The number of hydrogen-bond donors (Lipinski definition) is 2. The first-order chi connectivity index (χ1) is 16.4. The Labute approximate surface area is 206 Å². The zero-order valence-electron chi connectivity index (χ0n) is 20.2. The van der Waals surface area contributed by atoms with Crippen LogP contribution in [0.3, 0.4) is 0 Å². The van der Waals surface area contributed by atoms with Gasteiger partial charge in [-0.1, -0.05) is 50.2 Å². The van der Waals surface area contributed by atoms with E-state index < -0.39 is 6.10 Å². The highest BCUT2D eigenvalue weighted by molar-refractivity contribution is 7.09. The summed E-state index contributed by atoms with van der Waals surface area (Å²) in [4.78, 5) is 14.0. The van der Waals surface area contributed by atoms with Gasteiger partial charge in [0.25, 0.3) is 0 Å². The molecule has 1 amide bonds. The summed E-state index contributed by atoms with van der Waals surface area (Å²) in [6, 6.07) is 14.4. The molecule has 1 aliphatic heterocycles. The molecule has 3 fully saturated rings. The molecule has 5 nitrogen and oxygen atoms in total. The summed E-state index contributed by atoms with van der Waals surface area (Å²) < 4.78 is 12.9. The molecule has 1 aromatic heterocycles. The lowest BCUT2D eigenvalue weighted by Crippen LogP contribution is -2.63. The predicted octanol–water partition coefficient (Wildman–Crippen LogP) is 4.93. The van der Waals surface area contributed by atoms with E-state index in [1.165, 1.54) is 5.56 Å². The summed E-state index contributed by atoms with van der Waals surface area (Å²) in [6.07, 6.45) is 4.24. The maximum atomic E-state index is 12.9. The number of thiophene rings is 1. The lowest BCUT2D eigenvalue weighted by atomic mass is 9.46. The summed E-state index contributed by atoms with van der Waals surface area (Å²) in [6.45, 7) is 5.84. The number of aliphatic hydroxyl groups is 1. The molecular weight excluding hydrogens is 446 g/mol. The maximum absolute atomic E-state index is 12.9. The molecule has 2 saturated carbocycles. The van der Waals surface area contributed by atoms with Crippen LogP contribution in [0.25, 0.3) is 0 Å². The van der Waals surface area contributed by atoms with Crippen molar-refractivity contribution in [3.63, 3.8) is 0 Å². The molecule has 1 saturated heterocycles. The van der Waals surface area contributed by atoms with Gasteiger partial charge in [0.2, 0.25) is 5.91 Å². The molecule has 184 valence electrons. The van der Waals surface area contributed by atoms with Crippen molar-refractivity contribution in [3.05, 3.63) is 58.3 Å². The van der Waals surface area contributed by atoms with Crippen molar-refractivity contribution in [2.45, 2.75) is 77.4 Å². The van der Waals surface area contributed by atoms with E-state index in [1.54, 1.807) is 11.3 Å². The van der Waals surface area contributed by atoms with Gasteiger partial charge in [-0.2, -0.15) is 0 Å². The second-order valence-corrected chi connectivity index (χ2v) is 12.0. The summed E-state index contributed by atoms with van der Waals surface area (Å²) in [5.41, 5.74) is 1.01. The molecule has 0 spiro atoms. The normalized spacial score (nSPS) is 37.4. The number of hydrogen-bond acceptors (Lipinski definition) is 5. The Morgan fingerprint density at radius 2 is 1.94 bits per heavy atom. The molecule has 2 aromatic rings. The van der Waals surface area contributed by atoms with Crippen LogP contribution < -0.4 is 5.32 Å². The fourth-order valence-electron chi connectivity index (χ4n) is 7.07. The van der Waals surface area contributed by atoms with Crippen molar-refractivity contribution in [1.29, 1.82) is 0 Å². The molecule has 7 unspecified atom stereocenters. The van der Waals surface area contributed by atoms with Crippen LogP contribution in [0.5, 0.6) is 0 Å². The second-order valence-electron chi connectivity index (χ2n) is 11.0. The van der Waals surface area contributed by atoms with Gasteiger partial charge in [-0.3, -0.25) is 4.79 Å². The Bertz CT molecular complexity index is 966. The van der Waals surface area contributed by atoms with Crippen molar-refractivity contribution in [1.82, 2.24) is 5.32 Å². The van der Waals surface area contributed by atoms with Gasteiger partial charge in [0, 0.05) is 23.1 Å². The Kier molecular flexibility index (Phi) is 6.86. The van der Waals surface area contributed by atoms with Crippen molar-refractivity contribution in [3.8, 4) is 0 Å². The number of fused-ring (bicyclic) bond motifs is 3. The van der Waals surface area contributed by atoms with Gasteiger partial charge in [-0.15, -0.1) is 11.3 Å². The molecule has 34 heavy (non-hydrogen) atoms. The summed E-state index contributed by atoms with van der Waals surface area (Å²) in [5, 5.41) is 16.1. The highest BCUT2D eigenvalue weighted by Crippen LogP contribution is 2.62. The summed E-state index contributed by atoms with van der Waals surface area (Å²) >= 11 is 1.65. The lowest BCUT2D eigenvalue weighted by molar-refractivity contribution is -0.308. The molecule has 3 aliphatic rings. The van der Waals surface area contributed by atoms with Crippen molar-refractivity contribution in [2.75, 3.05) is 6.61 Å². The van der Waals surface area contributed by atoms with Crippen molar-refractivity contribution < 1.29 is 19.4 Å². The van der Waals surface area contributed by atoms with Crippen LogP contribution >= 0.6 is 11.3 Å². The number of amides is 1. The highest BCUT2D eigenvalue weighted by Gasteiger charge is 2.61. The Morgan fingerprint density at radius 1 is 1.12 bits per heavy atom. The second kappa shape index (κ2) is 9.73. The number of benzene rings is 1. The molecule has 6 heteroatoms. The average molecular weight is 484 g/mol. The molecule has 2 aliphatic carbocycles. The average Bonchev–Trinajstić information content (AvgIpc) is 3.35. The Morgan fingerprint density at radius 3 is 2.71 bits per heavy atom. The van der Waals surface area contributed by atoms with E-state index in [9.17, 15) is 9.90 Å². The van der Waals surface area contributed by atoms with E-state index >= 15 is 0 Å². The third-order valence-corrected chi connectivity index (χ3v) is 9.80. The van der Waals surface area contributed by atoms with Crippen LogP contribution in [0.2, 0.25) is 0 Å². The van der Waals surface area contributed by atoms with E-state index in [-0.39, 0.29) is 35.0 Å². The molecule has 0 bridgehead atoms. The Balaban J connectivity index is 1.27. The van der Waals surface area contributed by atoms with Crippen molar-refractivity contribution >= 4 is 17.2 Å². The van der Waals surface area contributed by atoms with Gasteiger partial charge in [-0.05, 0) is 59.9 Å². The lowest BCUT2D eigenvalue weighted by Gasteiger charge is -2.63. The largest absolute Gasteiger partial charge is 0.393 e. The van der Waals surface area contributed by atoms with Crippen LogP contribution in [0.1, 0.15) is 56.4 Å². The van der Waals surface area contributed by atoms with E-state index in [4.69, 9.17) is 9.47 Å². The molecule has 2 heterocycles. The fourth-order valence-corrected chi connectivity index (χ4v) is 7.72. The first kappa shape index (κ1) is 24.0. The first-order valence-electron chi connectivity index (χ1n) is 12.7. The maximum Gasteiger partial charge on any atom is 0.220 e. The molecule has 0 radical (unpaired) electrons. The predicted molar refractivity (Wildman–Crippen MR) is 133 cm³/mol. The van der Waals surface area contributed by atoms with Crippen LogP contribution in [-0.4, -0.2) is 36.1 Å². The molecule has 5 rings (SSSR count). The quantitative estimate of drug-likeness (QED) is 0.611. The van der Waals surface area contributed by atoms with Gasteiger partial charge in [0.15, 0.2) is 6.29 Å². The minimum Gasteiger partial charge on any atom is -0.393 e. The summed E-state index contributed by atoms with van der Waals surface area (Å²) in [5.74, 6) is 0.343. The monoisotopic (exact) mass is 483 g/mol. The topological polar surface area (TPSA) is 67.8 Å². The van der Waals surface area contributed by atoms with E-state index in [2.05, 4.69) is 43.4 Å². The standard InChI is InChI=1S/C28H37NO4S/c1-27-13-12-24-28(2,18-32-26(33-24)15-19-7-4-3-5-8-19)23(27)11-10-22(30)21(27)16-25(31)29-17-20-9-6-14-34-20/h3-9,14,21-24,26,30H,10-13,15-18H2,1-2H3,(H,29,31). The van der Waals surface area contributed by atoms with E-state index in [0.717, 1.165) is 37.0 Å². The van der Waals surface area contributed by atoms with Gasteiger partial charge >= 0.3 is 0 Å². The molecule has 2 N–H and O–H groups in total. The van der Waals surface area contributed by atoms with Crippen LogP contribution in [0.15, 0.2) is 47.8 Å². The number of aliphatic hydroxyl groups excluding tert-OH is 1. The van der Waals surface area contributed by atoms with Crippen LogP contribution in [-0.2, 0) is 27.2 Å². The highest BCUT2D eigenvalue weighted by atomic mass is 32.1. The number of rotatable bonds is 6. The third kappa shape index (κ3) is 4.58. The Hall–Kier alpha value is -1.73. The van der Waals surface area contributed by atoms with Gasteiger partial charge in [0.1, 0.15) is 0 Å². The van der Waals surface area contributed by atoms with E-state index in [1.807, 2.05) is 23.6 Å². The fraction of sp³-hybridized carbons (Fsp3) is 0.607. The van der Waals surface area contributed by atoms with Crippen LogP contribution in [0, 0.1) is 22.7 Å². The van der Waals surface area contributed by atoms with Crippen molar-refractivity contribution in [2.24, 2.45) is 22.7 Å². The summed E-state index contributed by atoms with van der Waals surface area (Å²) in [7, 11) is 0. The zero-order chi connectivity index (χ0) is 23.8. The number of carbonyl (C=O) groups is 1. The minimum absolute atomic E-state index is 0.0330. The minimum atomic E-state index is -0.440. The van der Waals surface area contributed by atoms with Crippen LogP contribution in [0.4, 0.5) is 0 Å².